The Bertz CT molecular complexity index is 304. The molecule has 0 atom stereocenters. The summed E-state index contributed by atoms with van der Waals surface area (Å²) in [7, 11) is 0. The van der Waals surface area contributed by atoms with Crippen LogP contribution in [0.2, 0.25) is 0 Å². The quantitative estimate of drug-likeness (QED) is 0.655. The van der Waals surface area contributed by atoms with Gasteiger partial charge in [-0.15, -0.1) is 0 Å². The minimum absolute atomic E-state index is 0.100. The van der Waals surface area contributed by atoms with Gasteiger partial charge in [-0.2, -0.15) is 0 Å². The van der Waals surface area contributed by atoms with Crippen LogP contribution < -0.4 is 0 Å². The number of carbonyl (C=O) groups is 1. The summed E-state index contributed by atoms with van der Waals surface area (Å²) in [5.41, 5.74) is 0. The molecular weight excluding hydrogens is 172 g/mol. The van der Waals surface area contributed by atoms with E-state index in [9.17, 15) is 4.79 Å². The monoisotopic (exact) mass is 182 g/mol. The Balaban J connectivity index is 2.18. The van der Waals surface area contributed by atoms with Gasteiger partial charge in [0.05, 0.1) is 0 Å². The Morgan fingerprint density at radius 3 is 3.08 bits per heavy atom. The summed E-state index contributed by atoms with van der Waals surface area (Å²) >= 11 is 1.21. The summed E-state index contributed by atoms with van der Waals surface area (Å²) in [6.45, 7) is 1.57. The molecule has 1 aliphatic rings. The average molecular weight is 182 g/mol. The highest BCUT2D eigenvalue weighted by Gasteiger charge is 2.25. The maximum atomic E-state index is 10.8. The van der Waals surface area contributed by atoms with E-state index in [0.29, 0.717) is 6.04 Å². The van der Waals surface area contributed by atoms with E-state index in [4.69, 9.17) is 0 Å². The second kappa shape index (κ2) is 2.94. The first-order valence-electron chi connectivity index (χ1n) is 3.98. The molecule has 0 N–H and O–H groups in total. The number of aromatic nitrogens is 2. The smallest absolute Gasteiger partial charge is 0.193 e. The summed E-state index contributed by atoms with van der Waals surface area (Å²) < 4.78 is 2.09. The highest BCUT2D eigenvalue weighted by atomic mass is 32.2. The van der Waals surface area contributed by atoms with Crippen molar-refractivity contribution in [3.63, 3.8) is 0 Å². The van der Waals surface area contributed by atoms with E-state index in [0.717, 1.165) is 5.16 Å². The minimum Gasteiger partial charge on any atom is -0.323 e. The summed E-state index contributed by atoms with van der Waals surface area (Å²) in [6.07, 6.45) is 6.15. The molecule has 3 nitrogen and oxygen atoms in total. The van der Waals surface area contributed by atoms with Crippen LogP contribution in [0.15, 0.2) is 17.6 Å². The first kappa shape index (κ1) is 7.86. The maximum absolute atomic E-state index is 10.8. The van der Waals surface area contributed by atoms with Crippen LogP contribution in [0.4, 0.5) is 0 Å². The molecule has 1 fully saturated rings. The molecule has 0 radical (unpaired) electrons. The van der Waals surface area contributed by atoms with Gasteiger partial charge in [0.1, 0.15) is 0 Å². The predicted octanol–water partition coefficient (Wildman–Crippen LogP) is 1.86. The third-order valence-corrected chi connectivity index (χ3v) is 2.59. The Kier molecular flexibility index (Phi) is 1.92. The molecule has 1 heterocycles. The fourth-order valence-corrected chi connectivity index (χ4v) is 1.82. The van der Waals surface area contributed by atoms with Gasteiger partial charge in [-0.25, -0.2) is 4.98 Å². The van der Waals surface area contributed by atoms with Crippen LogP contribution in [0.25, 0.3) is 0 Å². The molecule has 4 heteroatoms. The predicted molar refractivity (Wildman–Crippen MR) is 47.0 cm³/mol. The number of imidazole rings is 1. The minimum atomic E-state index is 0.100. The number of carbonyl (C=O) groups excluding carboxylic acids is 1. The van der Waals surface area contributed by atoms with E-state index in [1.807, 2.05) is 6.20 Å². The lowest BCUT2D eigenvalue weighted by Gasteiger charge is -2.01. The van der Waals surface area contributed by atoms with Gasteiger partial charge in [0.15, 0.2) is 10.3 Å². The lowest BCUT2D eigenvalue weighted by molar-refractivity contribution is -0.109. The molecule has 64 valence electrons. The SMILES string of the molecule is CC(=O)Sc1nccn1C1CC1. The molecule has 0 bridgehead atoms. The van der Waals surface area contributed by atoms with Crippen molar-refractivity contribution >= 4 is 16.9 Å². The Morgan fingerprint density at radius 1 is 1.75 bits per heavy atom. The molecule has 0 aromatic carbocycles. The fraction of sp³-hybridized carbons (Fsp3) is 0.500. The molecule has 12 heavy (non-hydrogen) atoms. The molecule has 1 aliphatic carbocycles. The van der Waals surface area contributed by atoms with E-state index < -0.39 is 0 Å². The summed E-state index contributed by atoms with van der Waals surface area (Å²) in [6, 6.07) is 0.606. The Morgan fingerprint density at radius 2 is 2.50 bits per heavy atom. The van der Waals surface area contributed by atoms with Crippen molar-refractivity contribution < 1.29 is 4.79 Å². The zero-order valence-electron chi connectivity index (χ0n) is 6.86. The zero-order valence-corrected chi connectivity index (χ0v) is 7.67. The molecular formula is C8H10N2OS. The van der Waals surface area contributed by atoms with Gasteiger partial charge in [-0.05, 0) is 24.6 Å². The van der Waals surface area contributed by atoms with E-state index in [2.05, 4.69) is 9.55 Å². The van der Waals surface area contributed by atoms with Gasteiger partial charge >= 0.3 is 0 Å². The summed E-state index contributed by atoms with van der Waals surface area (Å²) in [5, 5.41) is 0.938. The summed E-state index contributed by atoms with van der Waals surface area (Å²) in [4.78, 5) is 14.9. The van der Waals surface area contributed by atoms with Gasteiger partial charge in [-0.3, -0.25) is 4.79 Å². The van der Waals surface area contributed by atoms with Crippen LogP contribution in [-0.2, 0) is 4.79 Å². The van der Waals surface area contributed by atoms with Crippen molar-refractivity contribution in [2.24, 2.45) is 0 Å². The second-order valence-electron chi connectivity index (χ2n) is 2.94. The van der Waals surface area contributed by atoms with Gasteiger partial charge in [0, 0.05) is 25.4 Å². The van der Waals surface area contributed by atoms with Gasteiger partial charge in [0.2, 0.25) is 0 Å². The van der Waals surface area contributed by atoms with Gasteiger partial charge in [-0.1, -0.05) is 0 Å². The Hall–Kier alpha value is -0.770. The van der Waals surface area contributed by atoms with Crippen LogP contribution in [0.3, 0.4) is 0 Å². The molecule has 0 amide bonds. The van der Waals surface area contributed by atoms with E-state index >= 15 is 0 Å². The molecule has 1 aromatic heterocycles. The van der Waals surface area contributed by atoms with Gasteiger partial charge in [0.25, 0.3) is 0 Å². The normalized spacial score (nSPS) is 16.4. The number of hydrogen-bond donors (Lipinski definition) is 0. The van der Waals surface area contributed by atoms with Crippen molar-refractivity contribution in [3.8, 4) is 0 Å². The molecule has 0 saturated heterocycles. The third kappa shape index (κ3) is 1.53. The molecule has 0 spiro atoms. The van der Waals surface area contributed by atoms with Crippen molar-refractivity contribution in [3.05, 3.63) is 12.4 Å². The van der Waals surface area contributed by atoms with Crippen molar-refractivity contribution in [1.29, 1.82) is 0 Å². The standard InChI is InChI=1S/C8H10N2OS/c1-6(11)12-8-9-4-5-10(8)7-2-3-7/h4-5,7H,2-3H2,1H3. The average Bonchev–Trinajstić information content (AvgIpc) is 2.73. The van der Waals surface area contributed by atoms with Crippen LogP contribution in [0.5, 0.6) is 0 Å². The maximum Gasteiger partial charge on any atom is 0.193 e. The first-order chi connectivity index (χ1) is 5.77. The van der Waals surface area contributed by atoms with Crippen LogP contribution in [0.1, 0.15) is 25.8 Å². The van der Waals surface area contributed by atoms with Crippen molar-refractivity contribution in [2.75, 3.05) is 0 Å². The molecule has 2 rings (SSSR count). The molecule has 1 aromatic rings. The molecule has 1 saturated carbocycles. The highest BCUT2D eigenvalue weighted by Crippen LogP contribution is 2.37. The van der Waals surface area contributed by atoms with E-state index in [1.54, 1.807) is 13.1 Å². The zero-order chi connectivity index (χ0) is 8.55. The highest BCUT2D eigenvalue weighted by molar-refractivity contribution is 8.13. The third-order valence-electron chi connectivity index (χ3n) is 1.81. The number of nitrogens with zero attached hydrogens (tertiary/aromatic N) is 2. The van der Waals surface area contributed by atoms with Crippen LogP contribution >= 0.6 is 11.8 Å². The number of hydrogen-bond acceptors (Lipinski definition) is 3. The number of rotatable bonds is 2. The lowest BCUT2D eigenvalue weighted by atomic mass is 10.7. The second-order valence-corrected chi connectivity index (χ2v) is 4.09. The van der Waals surface area contributed by atoms with E-state index in [-0.39, 0.29) is 5.12 Å². The molecule has 0 aliphatic heterocycles. The lowest BCUT2D eigenvalue weighted by Crippen LogP contribution is -1.95. The number of thioether (sulfide) groups is 1. The van der Waals surface area contributed by atoms with E-state index in [1.165, 1.54) is 24.6 Å². The molecule has 0 unspecified atom stereocenters. The van der Waals surface area contributed by atoms with Crippen LogP contribution in [-0.4, -0.2) is 14.7 Å². The largest absolute Gasteiger partial charge is 0.323 e. The van der Waals surface area contributed by atoms with Crippen molar-refractivity contribution in [1.82, 2.24) is 9.55 Å². The summed E-state index contributed by atoms with van der Waals surface area (Å²) in [5.74, 6) is 0. The van der Waals surface area contributed by atoms with Crippen LogP contribution in [0, 0.1) is 0 Å². The van der Waals surface area contributed by atoms with Crippen molar-refractivity contribution in [2.45, 2.75) is 31.0 Å². The Labute approximate surface area is 75.2 Å². The first-order valence-corrected chi connectivity index (χ1v) is 4.80. The fourth-order valence-electron chi connectivity index (χ4n) is 1.14. The topological polar surface area (TPSA) is 34.9 Å². The van der Waals surface area contributed by atoms with Gasteiger partial charge < -0.3 is 4.57 Å².